The second-order valence-electron chi connectivity index (χ2n) is 6.05. The van der Waals surface area contributed by atoms with Gasteiger partial charge in [0.05, 0.1) is 0 Å². The summed E-state index contributed by atoms with van der Waals surface area (Å²) in [5.41, 5.74) is 9.41. The monoisotopic (exact) mass is 259 g/mol. The molecule has 0 aromatic carbocycles. The standard InChI is InChI=1S/C18H29N/c1-3-5-11-17-16(8-4-2)15(14-9-6-10-14)12-7-13-18(17)19/h3,5,8,11,14-15,18H,4,6-7,9-10,12-13,19H2,1-2H3/b5-3-,16-8+,17-11-. The molecule has 2 saturated carbocycles. The first-order chi connectivity index (χ1) is 9.27. The third-order valence-electron chi connectivity index (χ3n) is 4.77. The lowest BCUT2D eigenvalue weighted by Crippen LogP contribution is -2.27. The number of nitrogens with two attached hydrogens (primary N) is 1. The highest BCUT2D eigenvalue weighted by molar-refractivity contribution is 5.40. The van der Waals surface area contributed by atoms with Crippen LogP contribution in [-0.2, 0) is 0 Å². The Morgan fingerprint density at radius 3 is 2.42 bits per heavy atom. The molecule has 1 heteroatoms. The van der Waals surface area contributed by atoms with E-state index in [0.717, 1.165) is 24.7 Å². The van der Waals surface area contributed by atoms with Crippen molar-refractivity contribution in [2.24, 2.45) is 17.6 Å². The fourth-order valence-corrected chi connectivity index (χ4v) is 3.54. The van der Waals surface area contributed by atoms with Crippen molar-refractivity contribution in [2.75, 3.05) is 0 Å². The van der Waals surface area contributed by atoms with E-state index in [4.69, 9.17) is 5.73 Å². The summed E-state index contributed by atoms with van der Waals surface area (Å²) in [6.45, 7) is 4.32. The molecule has 2 rings (SSSR count). The van der Waals surface area contributed by atoms with Gasteiger partial charge in [0, 0.05) is 6.04 Å². The van der Waals surface area contributed by atoms with Gasteiger partial charge in [0.2, 0.25) is 0 Å². The number of hydrogen-bond acceptors (Lipinski definition) is 1. The Balaban J connectivity index is 2.31. The Bertz CT molecular complexity index is 371. The third kappa shape index (κ3) is 3.39. The molecule has 2 unspecified atom stereocenters. The molecule has 19 heavy (non-hydrogen) atoms. The molecule has 2 fully saturated rings. The van der Waals surface area contributed by atoms with Crippen LogP contribution in [0.2, 0.25) is 0 Å². The van der Waals surface area contributed by atoms with Gasteiger partial charge in [0.1, 0.15) is 0 Å². The molecular weight excluding hydrogens is 230 g/mol. The largest absolute Gasteiger partial charge is 0.324 e. The smallest absolute Gasteiger partial charge is 0.0297 e. The first kappa shape index (κ1) is 14.6. The van der Waals surface area contributed by atoms with E-state index in [9.17, 15) is 0 Å². The van der Waals surface area contributed by atoms with E-state index in [0.29, 0.717) is 0 Å². The SMILES string of the molecule is C\C=C/C=C1/C(=C/CC)C(C2CCC2)CCCC1N. The fourth-order valence-electron chi connectivity index (χ4n) is 3.54. The van der Waals surface area contributed by atoms with Crippen LogP contribution in [0.3, 0.4) is 0 Å². The minimum absolute atomic E-state index is 0.235. The summed E-state index contributed by atoms with van der Waals surface area (Å²) in [6.07, 6.45) is 18.2. The highest BCUT2D eigenvalue weighted by Gasteiger charge is 2.33. The zero-order valence-electron chi connectivity index (χ0n) is 12.6. The van der Waals surface area contributed by atoms with Crippen LogP contribution in [0.1, 0.15) is 58.8 Å². The number of allylic oxidation sites excluding steroid dienone is 4. The van der Waals surface area contributed by atoms with Gasteiger partial charge in [-0.25, -0.2) is 0 Å². The van der Waals surface area contributed by atoms with Gasteiger partial charge >= 0.3 is 0 Å². The van der Waals surface area contributed by atoms with Crippen molar-refractivity contribution in [1.29, 1.82) is 0 Å². The highest BCUT2D eigenvalue weighted by atomic mass is 14.6. The Morgan fingerprint density at radius 1 is 1.11 bits per heavy atom. The van der Waals surface area contributed by atoms with Crippen LogP contribution in [0.5, 0.6) is 0 Å². The van der Waals surface area contributed by atoms with E-state index >= 15 is 0 Å². The molecule has 0 aromatic rings. The lowest BCUT2D eigenvalue weighted by molar-refractivity contribution is 0.224. The zero-order chi connectivity index (χ0) is 13.7. The second kappa shape index (κ2) is 7.09. The summed E-state index contributed by atoms with van der Waals surface area (Å²) in [7, 11) is 0. The molecule has 0 radical (unpaired) electrons. The maximum atomic E-state index is 6.42. The van der Waals surface area contributed by atoms with Crippen molar-refractivity contribution in [2.45, 2.75) is 64.8 Å². The van der Waals surface area contributed by atoms with Crippen molar-refractivity contribution < 1.29 is 0 Å². The Kier molecular flexibility index (Phi) is 5.45. The molecule has 0 aliphatic heterocycles. The summed E-state index contributed by atoms with van der Waals surface area (Å²) in [4.78, 5) is 0. The molecular formula is C18H29N. The Hall–Kier alpha value is -0.820. The van der Waals surface area contributed by atoms with E-state index in [-0.39, 0.29) is 6.04 Å². The van der Waals surface area contributed by atoms with E-state index in [1.54, 1.807) is 5.57 Å². The van der Waals surface area contributed by atoms with E-state index in [2.05, 4.69) is 38.2 Å². The van der Waals surface area contributed by atoms with Gasteiger partial charge in [-0.2, -0.15) is 0 Å². The summed E-state index contributed by atoms with van der Waals surface area (Å²) in [5, 5.41) is 0. The first-order valence-corrected chi connectivity index (χ1v) is 8.06. The lowest BCUT2D eigenvalue weighted by Gasteiger charge is -2.35. The van der Waals surface area contributed by atoms with E-state index < -0.39 is 0 Å². The van der Waals surface area contributed by atoms with Crippen LogP contribution in [0.25, 0.3) is 0 Å². The average molecular weight is 259 g/mol. The van der Waals surface area contributed by atoms with Crippen molar-refractivity contribution in [1.82, 2.24) is 0 Å². The van der Waals surface area contributed by atoms with Gasteiger partial charge in [-0.1, -0.05) is 44.1 Å². The molecule has 106 valence electrons. The molecule has 1 nitrogen and oxygen atoms in total. The van der Waals surface area contributed by atoms with Crippen LogP contribution in [-0.4, -0.2) is 6.04 Å². The maximum absolute atomic E-state index is 6.42. The molecule has 0 spiro atoms. The Morgan fingerprint density at radius 2 is 1.84 bits per heavy atom. The van der Waals surface area contributed by atoms with E-state index in [1.807, 2.05) is 0 Å². The minimum Gasteiger partial charge on any atom is -0.324 e. The van der Waals surface area contributed by atoms with Gasteiger partial charge in [-0.3, -0.25) is 0 Å². The topological polar surface area (TPSA) is 26.0 Å². The molecule has 0 saturated heterocycles. The summed E-state index contributed by atoms with van der Waals surface area (Å²) < 4.78 is 0. The van der Waals surface area contributed by atoms with Gasteiger partial charge in [-0.15, -0.1) is 0 Å². The average Bonchev–Trinajstić information content (AvgIpc) is 2.47. The van der Waals surface area contributed by atoms with Crippen molar-refractivity contribution >= 4 is 0 Å². The predicted octanol–water partition coefficient (Wildman–Crippen LogP) is 4.75. The fraction of sp³-hybridized carbons (Fsp3) is 0.667. The summed E-state index contributed by atoms with van der Waals surface area (Å²) in [5.74, 6) is 1.70. The second-order valence-corrected chi connectivity index (χ2v) is 6.05. The minimum atomic E-state index is 0.235. The Labute approximate surface area is 118 Å². The lowest BCUT2D eigenvalue weighted by atomic mass is 9.70. The van der Waals surface area contributed by atoms with Crippen molar-refractivity contribution in [3.63, 3.8) is 0 Å². The van der Waals surface area contributed by atoms with Gasteiger partial charge in [0.15, 0.2) is 0 Å². The molecule has 2 aliphatic rings. The molecule has 2 aliphatic carbocycles. The molecule has 0 bridgehead atoms. The van der Waals surface area contributed by atoms with Gasteiger partial charge in [0.25, 0.3) is 0 Å². The molecule has 0 aromatic heterocycles. The van der Waals surface area contributed by atoms with Crippen LogP contribution < -0.4 is 5.73 Å². The van der Waals surface area contributed by atoms with Gasteiger partial charge < -0.3 is 5.73 Å². The highest BCUT2D eigenvalue weighted by Crippen LogP contribution is 2.44. The maximum Gasteiger partial charge on any atom is 0.0297 e. The molecule has 2 atom stereocenters. The summed E-state index contributed by atoms with van der Waals surface area (Å²) >= 11 is 0. The van der Waals surface area contributed by atoms with E-state index in [1.165, 1.54) is 37.7 Å². The molecule has 0 heterocycles. The zero-order valence-corrected chi connectivity index (χ0v) is 12.6. The van der Waals surface area contributed by atoms with Crippen molar-refractivity contribution in [3.8, 4) is 0 Å². The normalized spacial score (nSPS) is 33.8. The first-order valence-electron chi connectivity index (χ1n) is 8.06. The molecule has 2 N–H and O–H groups in total. The van der Waals surface area contributed by atoms with Gasteiger partial charge in [-0.05, 0) is 62.0 Å². The van der Waals surface area contributed by atoms with Crippen molar-refractivity contribution in [3.05, 3.63) is 35.5 Å². The molecule has 0 amide bonds. The number of hydrogen-bond donors (Lipinski definition) is 1. The van der Waals surface area contributed by atoms with Crippen LogP contribution in [0.4, 0.5) is 0 Å². The summed E-state index contributed by atoms with van der Waals surface area (Å²) in [6, 6.07) is 0.235. The quantitative estimate of drug-likeness (QED) is 0.727. The van der Waals surface area contributed by atoms with Crippen LogP contribution in [0, 0.1) is 11.8 Å². The van der Waals surface area contributed by atoms with Crippen LogP contribution >= 0.6 is 0 Å². The predicted molar refractivity (Wildman–Crippen MR) is 83.9 cm³/mol. The number of rotatable bonds is 3. The van der Waals surface area contributed by atoms with Crippen LogP contribution in [0.15, 0.2) is 35.5 Å². The third-order valence-corrected chi connectivity index (χ3v) is 4.77.